The van der Waals surface area contributed by atoms with Gasteiger partial charge < -0.3 is 14.7 Å². The molecule has 0 bridgehead atoms. The first-order valence-corrected chi connectivity index (χ1v) is 11.0. The van der Waals surface area contributed by atoms with E-state index in [1.165, 1.54) is 24.9 Å². The highest BCUT2D eigenvalue weighted by Gasteiger charge is 2.38. The van der Waals surface area contributed by atoms with Crippen molar-refractivity contribution in [3.8, 4) is 0 Å². The van der Waals surface area contributed by atoms with Crippen LogP contribution in [0.5, 0.6) is 0 Å². The molecule has 4 nitrogen and oxygen atoms in total. The fourth-order valence-corrected chi connectivity index (χ4v) is 4.56. The van der Waals surface area contributed by atoms with Crippen molar-refractivity contribution in [3.63, 3.8) is 0 Å². The van der Waals surface area contributed by atoms with E-state index in [1.807, 2.05) is 44.2 Å². The van der Waals surface area contributed by atoms with Gasteiger partial charge in [-0.3, -0.25) is 0 Å². The van der Waals surface area contributed by atoms with Gasteiger partial charge in [0.05, 0.1) is 0 Å². The largest absolute Gasteiger partial charge is 0.479 e. The number of hydrogen-bond donors (Lipinski definition) is 1. The average molecular weight is 410 g/mol. The van der Waals surface area contributed by atoms with Gasteiger partial charge in [0, 0.05) is 6.54 Å². The van der Waals surface area contributed by atoms with Gasteiger partial charge in [0.1, 0.15) is 6.10 Å². The summed E-state index contributed by atoms with van der Waals surface area (Å²) >= 11 is 0. The number of nitrogens with zero attached hydrogens (tertiary/aromatic N) is 1. The van der Waals surface area contributed by atoms with E-state index in [4.69, 9.17) is 4.74 Å². The van der Waals surface area contributed by atoms with E-state index in [0.29, 0.717) is 12.3 Å². The Bertz CT molecular complexity index is 818. The number of carboxylic acids is 1. The molecule has 0 amide bonds. The lowest BCUT2D eigenvalue weighted by molar-refractivity contribution is -0.171. The quantitative estimate of drug-likeness (QED) is 0.626. The van der Waals surface area contributed by atoms with Crippen molar-refractivity contribution < 1.29 is 14.6 Å². The molecule has 0 spiro atoms. The van der Waals surface area contributed by atoms with E-state index in [-0.39, 0.29) is 5.92 Å². The summed E-state index contributed by atoms with van der Waals surface area (Å²) in [5.41, 5.74) is 2.06. The van der Waals surface area contributed by atoms with Crippen molar-refractivity contribution in [1.29, 1.82) is 0 Å². The smallest absolute Gasteiger partial charge is 0.335 e. The normalized spacial score (nSPS) is 20.6. The molecule has 3 rings (SSSR count). The van der Waals surface area contributed by atoms with E-state index in [1.54, 1.807) is 6.92 Å². The van der Waals surface area contributed by atoms with Crippen LogP contribution in [0, 0.1) is 5.92 Å². The van der Waals surface area contributed by atoms with Crippen LogP contribution in [0.4, 0.5) is 0 Å². The summed E-state index contributed by atoms with van der Waals surface area (Å²) in [5, 5.41) is 9.93. The Hall–Kier alpha value is -2.17. The molecule has 1 aliphatic heterocycles. The first-order chi connectivity index (χ1) is 14.3. The molecule has 162 valence electrons. The molecular formula is C26H35NO3. The highest BCUT2D eigenvalue weighted by Crippen LogP contribution is 2.35. The van der Waals surface area contributed by atoms with Crippen molar-refractivity contribution in [2.75, 3.05) is 20.1 Å². The van der Waals surface area contributed by atoms with E-state index in [2.05, 4.69) is 36.2 Å². The number of carbonyl (C=O) groups is 1. The molecule has 0 aliphatic carbocycles. The monoisotopic (exact) mass is 409 g/mol. The zero-order valence-electron chi connectivity index (χ0n) is 18.7. The van der Waals surface area contributed by atoms with Crippen molar-refractivity contribution in [3.05, 3.63) is 71.3 Å². The minimum atomic E-state index is -1.25. The molecule has 1 N–H and O–H groups in total. The molecule has 2 aromatic carbocycles. The van der Waals surface area contributed by atoms with Crippen molar-refractivity contribution in [2.45, 2.75) is 57.7 Å². The number of aliphatic carboxylic acids is 1. The van der Waals surface area contributed by atoms with E-state index >= 15 is 0 Å². The minimum Gasteiger partial charge on any atom is -0.479 e. The standard InChI is InChI=1S/C26H35NO3/c1-19(2)17-26(3,25(28)29)30-24(21-9-6-5-7-10-21)22-14-12-20(13-15-22)23-11-8-16-27(4)18-23/h5-7,9-10,12-15,19,23-24H,8,11,16-18H2,1-4H3,(H,28,29)/t23?,24-,26+/m1/s1. The Balaban J connectivity index is 1.90. The Morgan fingerprint density at radius 2 is 1.77 bits per heavy atom. The summed E-state index contributed by atoms with van der Waals surface area (Å²) in [7, 11) is 2.18. The van der Waals surface area contributed by atoms with Crippen LogP contribution in [0.2, 0.25) is 0 Å². The number of piperidine rings is 1. The summed E-state index contributed by atoms with van der Waals surface area (Å²) in [4.78, 5) is 14.5. The van der Waals surface area contributed by atoms with Crippen LogP contribution in [0.3, 0.4) is 0 Å². The summed E-state index contributed by atoms with van der Waals surface area (Å²) in [6.45, 7) is 8.00. The van der Waals surface area contributed by atoms with Gasteiger partial charge in [-0.1, -0.05) is 68.4 Å². The first kappa shape index (κ1) is 22.5. The molecular weight excluding hydrogens is 374 g/mol. The maximum absolute atomic E-state index is 12.1. The maximum Gasteiger partial charge on any atom is 0.335 e. The Kier molecular flexibility index (Phi) is 7.32. The summed E-state index contributed by atoms with van der Waals surface area (Å²) in [6.07, 6.45) is 2.48. The molecule has 1 unspecified atom stereocenters. The highest BCUT2D eigenvalue weighted by atomic mass is 16.5. The molecule has 0 saturated carbocycles. The van der Waals surface area contributed by atoms with Crippen molar-refractivity contribution >= 4 is 5.97 Å². The zero-order valence-corrected chi connectivity index (χ0v) is 18.7. The average Bonchev–Trinajstić information content (AvgIpc) is 2.72. The van der Waals surface area contributed by atoms with Crippen molar-refractivity contribution in [2.24, 2.45) is 5.92 Å². The van der Waals surface area contributed by atoms with Gasteiger partial charge in [0.2, 0.25) is 0 Å². The number of rotatable bonds is 8. The lowest BCUT2D eigenvalue weighted by atomic mass is 9.89. The van der Waals surface area contributed by atoms with Crippen molar-refractivity contribution in [1.82, 2.24) is 4.90 Å². The van der Waals surface area contributed by atoms with Gasteiger partial charge in [-0.05, 0) is 68.3 Å². The molecule has 1 fully saturated rings. The van der Waals surface area contributed by atoms with Crippen LogP contribution < -0.4 is 0 Å². The van der Waals surface area contributed by atoms with Gasteiger partial charge >= 0.3 is 5.97 Å². The second-order valence-electron chi connectivity index (χ2n) is 9.31. The third-order valence-electron chi connectivity index (χ3n) is 6.07. The van der Waals surface area contributed by atoms with Gasteiger partial charge in [-0.2, -0.15) is 0 Å². The maximum atomic E-state index is 12.1. The zero-order chi connectivity index (χ0) is 21.7. The highest BCUT2D eigenvalue weighted by molar-refractivity contribution is 5.77. The molecule has 4 heteroatoms. The van der Waals surface area contributed by atoms with Crippen LogP contribution in [-0.2, 0) is 9.53 Å². The Morgan fingerprint density at radius 1 is 1.13 bits per heavy atom. The first-order valence-electron chi connectivity index (χ1n) is 11.0. The summed E-state index contributed by atoms with van der Waals surface area (Å²) in [5.74, 6) is -0.147. The second kappa shape index (κ2) is 9.76. The number of carboxylic acid groups (broad SMARTS) is 1. The van der Waals surface area contributed by atoms with E-state index in [9.17, 15) is 9.90 Å². The van der Waals surface area contributed by atoms with Gasteiger partial charge in [-0.15, -0.1) is 0 Å². The molecule has 0 aromatic heterocycles. The molecule has 3 atom stereocenters. The lowest BCUT2D eigenvalue weighted by Crippen LogP contribution is -2.41. The predicted molar refractivity (Wildman–Crippen MR) is 121 cm³/mol. The SMILES string of the molecule is CC(C)C[C@](C)(O[C@H](c1ccccc1)c1ccc(C2CCCN(C)C2)cc1)C(=O)O. The lowest BCUT2D eigenvalue weighted by Gasteiger charge is -2.33. The molecule has 1 aliphatic rings. The molecule has 30 heavy (non-hydrogen) atoms. The fraction of sp³-hybridized carbons (Fsp3) is 0.500. The number of likely N-dealkylation sites (N-methyl/N-ethyl adjacent to an activating group) is 1. The van der Waals surface area contributed by atoms with Crippen LogP contribution in [0.15, 0.2) is 54.6 Å². The molecule has 2 aromatic rings. The number of likely N-dealkylation sites (tertiary alicyclic amines) is 1. The third kappa shape index (κ3) is 5.50. The van der Waals surface area contributed by atoms with Crippen LogP contribution in [0.25, 0.3) is 0 Å². The Labute approximate surface area is 180 Å². The van der Waals surface area contributed by atoms with Crippen LogP contribution in [-0.4, -0.2) is 41.7 Å². The molecule has 1 heterocycles. The molecule has 1 saturated heterocycles. The minimum absolute atomic E-state index is 0.216. The van der Waals surface area contributed by atoms with Gasteiger partial charge in [0.15, 0.2) is 5.60 Å². The van der Waals surface area contributed by atoms with Gasteiger partial charge in [0.25, 0.3) is 0 Å². The fourth-order valence-electron chi connectivity index (χ4n) is 4.56. The topological polar surface area (TPSA) is 49.8 Å². The number of ether oxygens (including phenoxy) is 1. The van der Waals surface area contributed by atoms with Gasteiger partial charge in [-0.25, -0.2) is 4.79 Å². The third-order valence-corrected chi connectivity index (χ3v) is 6.07. The predicted octanol–water partition coefficient (Wildman–Crippen LogP) is 5.49. The number of hydrogen-bond acceptors (Lipinski definition) is 3. The van der Waals surface area contributed by atoms with Crippen LogP contribution in [0.1, 0.15) is 68.7 Å². The summed E-state index contributed by atoms with van der Waals surface area (Å²) in [6, 6.07) is 18.5. The van der Waals surface area contributed by atoms with E-state index in [0.717, 1.165) is 17.7 Å². The van der Waals surface area contributed by atoms with E-state index < -0.39 is 17.7 Å². The Morgan fingerprint density at radius 3 is 2.33 bits per heavy atom. The molecule has 0 radical (unpaired) electrons. The summed E-state index contributed by atoms with van der Waals surface area (Å²) < 4.78 is 6.38. The van der Waals surface area contributed by atoms with Crippen LogP contribution >= 0.6 is 0 Å². The number of benzene rings is 2. The second-order valence-corrected chi connectivity index (χ2v) is 9.31.